The Labute approximate surface area is 155 Å². The summed E-state index contributed by atoms with van der Waals surface area (Å²) in [6.45, 7) is 1.96. The van der Waals surface area contributed by atoms with E-state index in [9.17, 15) is 9.59 Å². The predicted molar refractivity (Wildman–Crippen MR) is 101 cm³/mol. The summed E-state index contributed by atoms with van der Waals surface area (Å²) in [4.78, 5) is 24.6. The molecule has 126 valence electrons. The summed E-state index contributed by atoms with van der Waals surface area (Å²) in [6.07, 6.45) is 0. The lowest BCUT2D eigenvalue weighted by Crippen LogP contribution is -2.45. The highest BCUT2D eigenvalue weighted by atomic mass is 35.5. The molecule has 2 N–H and O–H groups in total. The second kappa shape index (κ2) is 8.42. The number of aryl methyl sites for hydroxylation is 1. The van der Waals surface area contributed by atoms with Crippen molar-refractivity contribution in [2.45, 2.75) is 13.0 Å². The van der Waals surface area contributed by atoms with Gasteiger partial charge in [0.05, 0.1) is 0 Å². The van der Waals surface area contributed by atoms with Crippen LogP contribution < -0.4 is 10.6 Å². The van der Waals surface area contributed by atoms with Crippen molar-refractivity contribution in [2.75, 3.05) is 11.1 Å². The molecule has 2 aromatic carbocycles. The maximum Gasteiger partial charge on any atom is 0.252 e. The fourth-order valence-electron chi connectivity index (χ4n) is 1.99. The Morgan fingerprint density at radius 3 is 2.21 bits per heavy atom. The lowest BCUT2D eigenvalue weighted by atomic mass is 10.2. The average molecular weight is 383 g/mol. The topological polar surface area (TPSA) is 58.2 Å². The number of anilines is 1. The first kappa shape index (κ1) is 18.6. The van der Waals surface area contributed by atoms with E-state index in [0.717, 1.165) is 5.56 Å². The van der Waals surface area contributed by atoms with Crippen LogP contribution in [0, 0.1) is 6.92 Å². The molecule has 0 saturated heterocycles. The number of hydrogen-bond acceptors (Lipinski definition) is 3. The second-order valence-corrected chi connectivity index (χ2v) is 6.46. The quantitative estimate of drug-likeness (QED) is 0.685. The predicted octanol–water partition coefficient (Wildman–Crippen LogP) is 3.97. The lowest BCUT2D eigenvalue weighted by Gasteiger charge is -2.17. The van der Waals surface area contributed by atoms with E-state index in [1.807, 2.05) is 19.1 Å². The molecule has 24 heavy (non-hydrogen) atoms. The highest BCUT2D eigenvalue weighted by Gasteiger charge is 2.20. The van der Waals surface area contributed by atoms with Crippen LogP contribution in [0.2, 0.25) is 10.0 Å². The van der Waals surface area contributed by atoms with Gasteiger partial charge < -0.3 is 10.6 Å². The van der Waals surface area contributed by atoms with Gasteiger partial charge in [-0.25, -0.2) is 0 Å². The van der Waals surface area contributed by atoms with Crippen LogP contribution in [0.1, 0.15) is 15.9 Å². The first-order chi connectivity index (χ1) is 11.4. The molecule has 0 unspecified atom stereocenters. The standard InChI is InChI=1S/C17H16Cl2N2O2S/c1-10-2-4-14(5-3-10)20-17(23)15(9-24)21-16(22)11-6-12(18)8-13(19)7-11/h2-8,15,24H,9H2,1H3,(H,20,23)(H,21,22)/t15-/m1/s1. The Balaban J connectivity index is 2.06. The van der Waals surface area contributed by atoms with Crippen LogP contribution >= 0.6 is 35.8 Å². The van der Waals surface area contributed by atoms with Gasteiger partial charge in [-0.15, -0.1) is 0 Å². The molecule has 7 heteroatoms. The normalized spacial score (nSPS) is 11.7. The number of hydrogen-bond donors (Lipinski definition) is 3. The number of carbonyl (C=O) groups excluding carboxylic acids is 2. The molecular formula is C17H16Cl2N2O2S. The Morgan fingerprint density at radius 1 is 1.08 bits per heavy atom. The van der Waals surface area contributed by atoms with Gasteiger partial charge in [0.25, 0.3) is 5.91 Å². The summed E-state index contributed by atoms with van der Waals surface area (Å²) in [5.74, 6) is -0.648. The summed E-state index contributed by atoms with van der Waals surface area (Å²) in [7, 11) is 0. The zero-order valence-corrected chi connectivity index (χ0v) is 15.3. The van der Waals surface area contributed by atoms with Gasteiger partial charge in [-0.3, -0.25) is 9.59 Å². The van der Waals surface area contributed by atoms with Gasteiger partial charge in [-0.2, -0.15) is 12.6 Å². The van der Waals surface area contributed by atoms with Crippen molar-refractivity contribution in [3.8, 4) is 0 Å². The van der Waals surface area contributed by atoms with Crippen molar-refractivity contribution in [2.24, 2.45) is 0 Å². The van der Waals surface area contributed by atoms with Crippen molar-refractivity contribution in [3.05, 3.63) is 63.6 Å². The zero-order valence-electron chi connectivity index (χ0n) is 12.8. The average Bonchev–Trinajstić information content (AvgIpc) is 2.53. The number of carbonyl (C=O) groups is 2. The maximum atomic E-state index is 12.3. The second-order valence-electron chi connectivity index (χ2n) is 5.22. The molecule has 2 rings (SSSR count). The molecular weight excluding hydrogens is 367 g/mol. The first-order valence-corrected chi connectivity index (χ1v) is 8.53. The molecule has 0 aliphatic heterocycles. The molecule has 1 atom stereocenters. The number of thiol groups is 1. The van der Waals surface area contributed by atoms with Crippen LogP contribution in [0.4, 0.5) is 5.69 Å². The van der Waals surface area contributed by atoms with Gasteiger partial charge in [0.1, 0.15) is 6.04 Å². The van der Waals surface area contributed by atoms with Crippen molar-refractivity contribution in [1.82, 2.24) is 5.32 Å². The third kappa shape index (κ3) is 5.16. The molecule has 0 aliphatic rings. The highest BCUT2D eigenvalue weighted by molar-refractivity contribution is 7.80. The van der Waals surface area contributed by atoms with Crippen molar-refractivity contribution in [3.63, 3.8) is 0 Å². The van der Waals surface area contributed by atoms with Gasteiger partial charge in [0.2, 0.25) is 5.91 Å². The van der Waals surface area contributed by atoms with Gasteiger partial charge in [-0.05, 0) is 37.3 Å². The number of halogens is 2. The molecule has 2 aromatic rings. The minimum Gasteiger partial charge on any atom is -0.339 e. The first-order valence-electron chi connectivity index (χ1n) is 7.14. The summed E-state index contributed by atoms with van der Waals surface area (Å²) < 4.78 is 0. The van der Waals surface area contributed by atoms with Crippen molar-refractivity contribution < 1.29 is 9.59 Å². The van der Waals surface area contributed by atoms with Gasteiger partial charge in [0, 0.05) is 27.0 Å². The maximum absolute atomic E-state index is 12.3. The fraction of sp³-hybridized carbons (Fsp3) is 0.176. The molecule has 0 saturated carbocycles. The van der Waals surface area contributed by atoms with Crippen LogP contribution in [0.25, 0.3) is 0 Å². The highest BCUT2D eigenvalue weighted by Crippen LogP contribution is 2.19. The molecule has 0 fully saturated rings. The van der Waals surface area contributed by atoms with Gasteiger partial charge in [-0.1, -0.05) is 40.9 Å². The number of amides is 2. The number of nitrogens with one attached hydrogen (secondary N) is 2. The van der Waals surface area contributed by atoms with E-state index in [1.54, 1.807) is 12.1 Å². The molecule has 0 aliphatic carbocycles. The minimum absolute atomic E-state index is 0.151. The largest absolute Gasteiger partial charge is 0.339 e. The van der Waals surface area contributed by atoms with E-state index in [0.29, 0.717) is 15.7 Å². The van der Waals surface area contributed by atoms with Crippen molar-refractivity contribution in [1.29, 1.82) is 0 Å². The molecule has 2 amide bonds. The fourth-order valence-corrected chi connectivity index (χ4v) is 2.77. The smallest absolute Gasteiger partial charge is 0.252 e. The summed E-state index contributed by atoms with van der Waals surface area (Å²) in [5.41, 5.74) is 2.02. The van der Waals surface area contributed by atoms with Gasteiger partial charge in [0.15, 0.2) is 0 Å². The third-order valence-electron chi connectivity index (χ3n) is 3.25. The van der Waals surface area contributed by atoms with Crippen LogP contribution in [0.5, 0.6) is 0 Å². The molecule has 4 nitrogen and oxygen atoms in total. The third-order valence-corrected chi connectivity index (χ3v) is 4.05. The molecule has 0 aromatic heterocycles. The number of benzene rings is 2. The van der Waals surface area contributed by atoms with Crippen LogP contribution in [0.15, 0.2) is 42.5 Å². The Bertz CT molecular complexity index is 731. The van der Waals surface area contributed by atoms with Crippen LogP contribution in [0.3, 0.4) is 0 Å². The minimum atomic E-state index is -0.792. The Morgan fingerprint density at radius 2 is 1.67 bits per heavy atom. The zero-order chi connectivity index (χ0) is 17.7. The molecule has 0 heterocycles. The van der Waals surface area contributed by atoms with E-state index >= 15 is 0 Å². The summed E-state index contributed by atoms with van der Waals surface area (Å²) in [5, 5.41) is 6.06. The summed E-state index contributed by atoms with van der Waals surface area (Å²) in [6, 6.07) is 11.1. The van der Waals surface area contributed by atoms with E-state index in [-0.39, 0.29) is 17.2 Å². The molecule has 0 radical (unpaired) electrons. The van der Waals surface area contributed by atoms with Crippen molar-refractivity contribution >= 4 is 53.3 Å². The lowest BCUT2D eigenvalue weighted by molar-refractivity contribution is -0.117. The van der Waals surface area contributed by atoms with E-state index in [4.69, 9.17) is 23.2 Å². The SMILES string of the molecule is Cc1ccc(NC(=O)[C@@H](CS)NC(=O)c2cc(Cl)cc(Cl)c2)cc1. The van der Waals surface area contributed by atoms with E-state index in [1.165, 1.54) is 18.2 Å². The van der Waals surface area contributed by atoms with Gasteiger partial charge >= 0.3 is 0 Å². The van der Waals surface area contributed by atoms with Crippen LogP contribution in [-0.2, 0) is 4.79 Å². The van der Waals surface area contributed by atoms with E-state index in [2.05, 4.69) is 23.3 Å². The molecule has 0 bridgehead atoms. The Hall–Kier alpha value is -1.69. The van der Waals surface area contributed by atoms with Crippen LogP contribution in [-0.4, -0.2) is 23.6 Å². The Kier molecular flexibility index (Phi) is 6.54. The van der Waals surface area contributed by atoms with E-state index < -0.39 is 11.9 Å². The summed E-state index contributed by atoms with van der Waals surface area (Å²) >= 11 is 15.9. The number of rotatable bonds is 5. The monoisotopic (exact) mass is 382 g/mol. The molecule has 0 spiro atoms.